The number of thioether (sulfide) groups is 1. The Hall–Kier alpha value is -3.52. The van der Waals surface area contributed by atoms with Crippen LogP contribution in [-0.4, -0.2) is 42.2 Å². The van der Waals surface area contributed by atoms with E-state index in [1.165, 1.54) is 7.11 Å². The van der Waals surface area contributed by atoms with Gasteiger partial charge in [-0.25, -0.2) is 0 Å². The molecule has 1 fully saturated rings. The van der Waals surface area contributed by atoms with Crippen LogP contribution >= 0.6 is 11.8 Å². The molecule has 1 heterocycles. The number of para-hydroxylation sites is 2. The molecule has 0 atom stereocenters. The number of nitrogens with zero attached hydrogens (tertiary/aromatic N) is 1. The maximum absolute atomic E-state index is 12.9. The lowest BCUT2D eigenvalue weighted by Crippen LogP contribution is -2.36. The van der Waals surface area contributed by atoms with Crippen LogP contribution in [0, 0.1) is 13.8 Å². The van der Waals surface area contributed by atoms with Crippen molar-refractivity contribution in [1.29, 1.82) is 0 Å². The van der Waals surface area contributed by atoms with E-state index >= 15 is 0 Å². The first-order valence-corrected chi connectivity index (χ1v) is 10.7. The zero-order valence-electron chi connectivity index (χ0n) is 18.1. The Labute approximate surface area is 191 Å². The fourth-order valence-electron chi connectivity index (χ4n) is 3.22. The first-order valence-electron chi connectivity index (χ1n) is 9.87. The van der Waals surface area contributed by atoms with Crippen molar-refractivity contribution in [2.45, 2.75) is 13.8 Å². The van der Waals surface area contributed by atoms with Gasteiger partial charge >= 0.3 is 0 Å². The van der Waals surface area contributed by atoms with E-state index in [0.717, 1.165) is 27.8 Å². The second-order valence-corrected chi connectivity index (χ2v) is 8.05. The Balaban J connectivity index is 1.80. The number of ether oxygens (including phenoxy) is 2. The van der Waals surface area contributed by atoms with Gasteiger partial charge in [-0.3, -0.25) is 19.3 Å². The van der Waals surface area contributed by atoms with Crippen LogP contribution in [0.1, 0.15) is 16.7 Å². The number of rotatable bonds is 8. The molecule has 8 heteroatoms. The standard InChI is InChI=1S/C24H24N2O5S/c1-5-12-31-22-17(10-7-11-18(22)30-4)13-19-23(28)26(24(29)32-19)14-20(27)25-21-15(2)8-6-9-16(21)3/h5-11,13H,1,12,14H2,2-4H3,(H,25,27)/b19-13-. The lowest BCUT2D eigenvalue weighted by Gasteiger charge is -2.15. The van der Waals surface area contributed by atoms with Gasteiger partial charge in [-0.15, -0.1) is 0 Å². The normalized spacial score (nSPS) is 14.6. The third-order valence-electron chi connectivity index (χ3n) is 4.78. The molecule has 1 N–H and O–H groups in total. The zero-order valence-corrected chi connectivity index (χ0v) is 19.0. The van der Waals surface area contributed by atoms with E-state index in [1.807, 2.05) is 32.0 Å². The van der Waals surface area contributed by atoms with Crippen molar-refractivity contribution in [2.24, 2.45) is 0 Å². The molecule has 0 aromatic heterocycles. The number of carbonyl (C=O) groups is 3. The van der Waals surface area contributed by atoms with Crippen LogP contribution in [0.5, 0.6) is 11.5 Å². The molecule has 0 radical (unpaired) electrons. The minimum Gasteiger partial charge on any atom is -0.493 e. The molecular weight excluding hydrogens is 428 g/mol. The highest BCUT2D eigenvalue weighted by Gasteiger charge is 2.36. The van der Waals surface area contributed by atoms with Crippen LogP contribution in [0.2, 0.25) is 0 Å². The molecule has 3 amide bonds. The van der Waals surface area contributed by atoms with Crippen LogP contribution in [0.3, 0.4) is 0 Å². The van der Waals surface area contributed by atoms with Crippen molar-refractivity contribution in [2.75, 3.05) is 25.6 Å². The maximum Gasteiger partial charge on any atom is 0.294 e. The second kappa shape index (κ2) is 10.2. The van der Waals surface area contributed by atoms with Gasteiger partial charge in [0.15, 0.2) is 11.5 Å². The summed E-state index contributed by atoms with van der Waals surface area (Å²) in [5.41, 5.74) is 3.06. The molecule has 32 heavy (non-hydrogen) atoms. The molecule has 0 unspecified atom stereocenters. The summed E-state index contributed by atoms with van der Waals surface area (Å²) < 4.78 is 11.0. The van der Waals surface area contributed by atoms with Crippen LogP contribution in [0.25, 0.3) is 6.08 Å². The van der Waals surface area contributed by atoms with Crippen LogP contribution in [-0.2, 0) is 9.59 Å². The van der Waals surface area contributed by atoms with E-state index in [2.05, 4.69) is 11.9 Å². The Bertz CT molecular complexity index is 1090. The maximum atomic E-state index is 12.9. The quantitative estimate of drug-likeness (QED) is 0.467. The van der Waals surface area contributed by atoms with Gasteiger partial charge in [0, 0.05) is 11.3 Å². The molecule has 0 saturated carbocycles. The van der Waals surface area contributed by atoms with E-state index in [0.29, 0.717) is 22.7 Å². The van der Waals surface area contributed by atoms with Crippen molar-refractivity contribution < 1.29 is 23.9 Å². The number of hydrogen-bond acceptors (Lipinski definition) is 6. The smallest absolute Gasteiger partial charge is 0.294 e. The summed E-state index contributed by atoms with van der Waals surface area (Å²) in [5, 5.41) is 2.29. The summed E-state index contributed by atoms with van der Waals surface area (Å²) in [6.07, 6.45) is 3.16. The highest BCUT2D eigenvalue weighted by atomic mass is 32.2. The molecule has 0 spiro atoms. The summed E-state index contributed by atoms with van der Waals surface area (Å²) in [6, 6.07) is 10.9. The fraction of sp³-hybridized carbons (Fsp3) is 0.208. The molecule has 0 bridgehead atoms. The van der Waals surface area contributed by atoms with Crippen molar-refractivity contribution in [3.63, 3.8) is 0 Å². The number of aryl methyl sites for hydroxylation is 2. The Morgan fingerprint density at radius 3 is 2.50 bits per heavy atom. The molecule has 1 saturated heterocycles. The van der Waals surface area contributed by atoms with Gasteiger partial charge in [0.25, 0.3) is 11.1 Å². The van der Waals surface area contributed by atoms with Crippen LogP contribution in [0.15, 0.2) is 54.0 Å². The summed E-state index contributed by atoms with van der Waals surface area (Å²) in [4.78, 5) is 39.0. The summed E-state index contributed by atoms with van der Waals surface area (Å²) in [7, 11) is 1.52. The topological polar surface area (TPSA) is 84.9 Å². The van der Waals surface area contributed by atoms with E-state index < -0.39 is 17.1 Å². The molecule has 1 aliphatic heterocycles. The average Bonchev–Trinajstić information content (AvgIpc) is 3.02. The van der Waals surface area contributed by atoms with Gasteiger partial charge in [0.1, 0.15) is 13.2 Å². The molecule has 2 aromatic rings. The number of hydrogen-bond donors (Lipinski definition) is 1. The number of methoxy groups -OCH3 is 1. The summed E-state index contributed by atoms with van der Waals surface area (Å²) >= 11 is 0.779. The largest absolute Gasteiger partial charge is 0.493 e. The van der Waals surface area contributed by atoms with E-state index in [9.17, 15) is 14.4 Å². The minimum absolute atomic E-state index is 0.201. The number of nitrogens with one attached hydrogen (secondary N) is 1. The van der Waals surface area contributed by atoms with Crippen molar-refractivity contribution in [3.05, 3.63) is 70.6 Å². The number of benzene rings is 2. The first-order chi connectivity index (χ1) is 15.3. The lowest BCUT2D eigenvalue weighted by molar-refractivity contribution is -0.127. The van der Waals surface area contributed by atoms with Gasteiger partial charge in [-0.1, -0.05) is 43.0 Å². The SMILES string of the molecule is C=CCOc1c(/C=C2\SC(=O)N(CC(=O)Nc3c(C)cccc3C)C2=O)cccc1OC. The molecule has 1 aliphatic rings. The zero-order chi connectivity index (χ0) is 23.3. The lowest BCUT2D eigenvalue weighted by atomic mass is 10.1. The third kappa shape index (κ3) is 5.03. The van der Waals surface area contributed by atoms with Crippen molar-refractivity contribution in [1.82, 2.24) is 4.90 Å². The predicted molar refractivity (Wildman–Crippen MR) is 126 cm³/mol. The minimum atomic E-state index is -0.533. The Morgan fingerprint density at radius 2 is 1.84 bits per heavy atom. The third-order valence-corrected chi connectivity index (χ3v) is 5.69. The van der Waals surface area contributed by atoms with Crippen molar-refractivity contribution in [3.8, 4) is 11.5 Å². The van der Waals surface area contributed by atoms with Gasteiger partial charge < -0.3 is 14.8 Å². The first kappa shape index (κ1) is 23.1. The van der Waals surface area contributed by atoms with E-state index in [1.54, 1.807) is 30.4 Å². The highest BCUT2D eigenvalue weighted by Crippen LogP contribution is 2.37. The number of carbonyl (C=O) groups excluding carboxylic acids is 3. The molecule has 0 aliphatic carbocycles. The van der Waals surface area contributed by atoms with Gasteiger partial charge in [0.05, 0.1) is 12.0 Å². The van der Waals surface area contributed by atoms with Crippen LogP contribution < -0.4 is 14.8 Å². The Morgan fingerprint density at radius 1 is 1.16 bits per heavy atom. The van der Waals surface area contributed by atoms with Gasteiger partial charge in [-0.05, 0) is 48.9 Å². The number of amides is 3. The van der Waals surface area contributed by atoms with Gasteiger partial charge in [0.2, 0.25) is 5.91 Å². The molecular formula is C24H24N2O5S. The monoisotopic (exact) mass is 452 g/mol. The van der Waals surface area contributed by atoms with Gasteiger partial charge in [-0.2, -0.15) is 0 Å². The summed E-state index contributed by atoms with van der Waals surface area (Å²) in [6.45, 7) is 7.28. The molecule has 7 nitrogen and oxygen atoms in total. The molecule has 2 aromatic carbocycles. The highest BCUT2D eigenvalue weighted by molar-refractivity contribution is 8.18. The van der Waals surface area contributed by atoms with Crippen LogP contribution in [0.4, 0.5) is 10.5 Å². The Kier molecular flexibility index (Phi) is 7.37. The van der Waals surface area contributed by atoms with E-state index in [-0.39, 0.29) is 18.1 Å². The molecule has 3 rings (SSSR count). The average molecular weight is 453 g/mol. The fourth-order valence-corrected chi connectivity index (χ4v) is 4.04. The molecule has 166 valence electrons. The second-order valence-electron chi connectivity index (χ2n) is 7.06. The van der Waals surface area contributed by atoms with E-state index in [4.69, 9.17) is 9.47 Å². The van der Waals surface area contributed by atoms with Crippen molar-refractivity contribution >= 4 is 40.6 Å². The summed E-state index contributed by atoms with van der Waals surface area (Å²) in [5.74, 6) is -0.0428. The number of imide groups is 1. The number of anilines is 1. The predicted octanol–water partition coefficient (Wildman–Crippen LogP) is 4.55.